The first-order valence-corrected chi connectivity index (χ1v) is 9.59. The van der Waals surface area contributed by atoms with Gasteiger partial charge in [-0.05, 0) is 17.5 Å². The number of rotatable bonds is 5. The molecule has 3 aromatic rings. The summed E-state index contributed by atoms with van der Waals surface area (Å²) in [5.74, 6) is -1.36. The van der Waals surface area contributed by atoms with Gasteiger partial charge < -0.3 is 10.0 Å². The Balaban J connectivity index is 1.76. The first kappa shape index (κ1) is 18.7. The molecule has 1 N–H and O–H groups in total. The zero-order chi connectivity index (χ0) is 20.2. The van der Waals surface area contributed by atoms with E-state index in [-0.39, 0.29) is 11.3 Å². The maximum Gasteiger partial charge on any atom is 0.295 e. The van der Waals surface area contributed by atoms with Gasteiger partial charge in [0.15, 0.2) is 0 Å². The minimum atomic E-state index is -0.645. The van der Waals surface area contributed by atoms with Gasteiger partial charge in [0, 0.05) is 12.1 Å². The van der Waals surface area contributed by atoms with Gasteiger partial charge in [0.2, 0.25) is 0 Å². The van der Waals surface area contributed by atoms with Crippen LogP contribution >= 0.6 is 0 Å². The molecule has 29 heavy (non-hydrogen) atoms. The van der Waals surface area contributed by atoms with Crippen LogP contribution in [0.15, 0.2) is 96.6 Å². The number of Topliss-reactive ketones (excluding diaryl/α,β-unsaturated/α-hetero) is 1. The third-order valence-corrected chi connectivity index (χ3v) is 5.19. The molecule has 1 saturated heterocycles. The fraction of sp³-hybridized carbons (Fsp3) is 0.120. The summed E-state index contributed by atoms with van der Waals surface area (Å²) in [6.07, 6.45) is 0.628. The van der Waals surface area contributed by atoms with E-state index in [9.17, 15) is 14.7 Å². The van der Waals surface area contributed by atoms with Crippen molar-refractivity contribution < 1.29 is 14.7 Å². The zero-order valence-electron chi connectivity index (χ0n) is 15.9. The van der Waals surface area contributed by atoms with E-state index >= 15 is 0 Å². The van der Waals surface area contributed by atoms with Crippen LogP contribution < -0.4 is 0 Å². The number of ketones is 1. The number of carbonyl (C=O) groups excluding carboxylic acids is 2. The van der Waals surface area contributed by atoms with E-state index < -0.39 is 17.7 Å². The second-order valence-corrected chi connectivity index (χ2v) is 7.00. The molecular weight excluding hydrogens is 362 g/mol. The van der Waals surface area contributed by atoms with Gasteiger partial charge in [-0.25, -0.2) is 0 Å². The van der Waals surface area contributed by atoms with Crippen molar-refractivity contribution in [2.24, 2.45) is 0 Å². The van der Waals surface area contributed by atoms with E-state index in [1.165, 1.54) is 0 Å². The molecule has 1 heterocycles. The molecule has 1 aliphatic heterocycles. The molecule has 1 unspecified atom stereocenters. The van der Waals surface area contributed by atoms with Crippen molar-refractivity contribution in [2.75, 3.05) is 6.54 Å². The van der Waals surface area contributed by atoms with Crippen LogP contribution in [0.5, 0.6) is 0 Å². The quantitative estimate of drug-likeness (QED) is 0.405. The van der Waals surface area contributed by atoms with E-state index in [4.69, 9.17) is 0 Å². The van der Waals surface area contributed by atoms with E-state index in [0.717, 1.165) is 11.1 Å². The first-order chi connectivity index (χ1) is 14.2. The van der Waals surface area contributed by atoms with Crippen LogP contribution in [0.25, 0.3) is 5.76 Å². The summed E-state index contributed by atoms with van der Waals surface area (Å²) >= 11 is 0. The summed E-state index contributed by atoms with van der Waals surface area (Å²) in [7, 11) is 0. The molecule has 0 spiro atoms. The molecule has 0 aliphatic carbocycles. The number of amides is 1. The van der Waals surface area contributed by atoms with Gasteiger partial charge in [-0.15, -0.1) is 0 Å². The third-order valence-electron chi connectivity index (χ3n) is 5.19. The minimum absolute atomic E-state index is 0.139. The van der Waals surface area contributed by atoms with Crippen LogP contribution in [0, 0.1) is 0 Å². The number of hydrogen-bond donors (Lipinski definition) is 1. The summed E-state index contributed by atoms with van der Waals surface area (Å²) in [4.78, 5) is 27.4. The standard InChI is InChI=1S/C25H21NO3/c27-23(20-14-8-3-9-15-20)21-22(19-12-6-2-7-13-19)26(25(29)24(21)28)17-16-18-10-4-1-5-11-18/h1-15,22,27H,16-17H2/b23-21-. The van der Waals surface area contributed by atoms with E-state index in [1.54, 1.807) is 29.2 Å². The summed E-state index contributed by atoms with van der Waals surface area (Å²) in [6.45, 7) is 0.389. The average molecular weight is 383 g/mol. The summed E-state index contributed by atoms with van der Waals surface area (Å²) in [6, 6.07) is 27.5. The van der Waals surface area contributed by atoms with Crippen LogP contribution in [0.1, 0.15) is 22.7 Å². The van der Waals surface area contributed by atoms with Gasteiger partial charge in [0.25, 0.3) is 11.7 Å². The van der Waals surface area contributed by atoms with Gasteiger partial charge in [0.1, 0.15) is 5.76 Å². The maximum absolute atomic E-state index is 12.9. The van der Waals surface area contributed by atoms with Crippen molar-refractivity contribution in [2.45, 2.75) is 12.5 Å². The Bertz CT molecular complexity index is 1040. The first-order valence-electron chi connectivity index (χ1n) is 9.59. The van der Waals surface area contributed by atoms with Crippen LogP contribution in [0.3, 0.4) is 0 Å². The molecule has 0 bridgehead atoms. The van der Waals surface area contributed by atoms with Gasteiger partial charge in [-0.3, -0.25) is 9.59 Å². The molecule has 0 radical (unpaired) electrons. The molecule has 1 fully saturated rings. The normalized spacial score (nSPS) is 18.2. The number of benzene rings is 3. The van der Waals surface area contributed by atoms with Crippen molar-refractivity contribution in [1.29, 1.82) is 0 Å². The van der Waals surface area contributed by atoms with Crippen LogP contribution in [0.2, 0.25) is 0 Å². The topological polar surface area (TPSA) is 57.6 Å². The molecule has 3 aromatic carbocycles. The van der Waals surface area contributed by atoms with E-state index in [2.05, 4.69) is 0 Å². The number of aliphatic hydroxyl groups excluding tert-OH is 1. The number of hydrogen-bond acceptors (Lipinski definition) is 3. The van der Waals surface area contributed by atoms with E-state index in [0.29, 0.717) is 18.5 Å². The Labute approximate surface area is 169 Å². The van der Waals surface area contributed by atoms with Crippen LogP contribution in [-0.2, 0) is 16.0 Å². The molecule has 4 heteroatoms. The largest absolute Gasteiger partial charge is 0.507 e. The highest BCUT2D eigenvalue weighted by Crippen LogP contribution is 2.39. The summed E-state index contributed by atoms with van der Waals surface area (Å²) in [5.41, 5.74) is 2.55. The van der Waals surface area contributed by atoms with Crippen LogP contribution in [-0.4, -0.2) is 28.2 Å². The Morgan fingerprint density at radius 2 is 1.34 bits per heavy atom. The molecule has 144 valence electrons. The van der Waals surface area contributed by atoms with Crippen molar-refractivity contribution in [3.8, 4) is 0 Å². The number of nitrogens with zero attached hydrogens (tertiary/aromatic N) is 1. The summed E-state index contributed by atoms with van der Waals surface area (Å²) in [5, 5.41) is 10.9. The molecule has 0 aromatic heterocycles. The zero-order valence-corrected chi connectivity index (χ0v) is 15.9. The Kier molecular flexibility index (Phi) is 5.25. The highest BCUT2D eigenvalue weighted by atomic mass is 16.3. The Hall–Kier alpha value is -3.66. The van der Waals surface area contributed by atoms with Crippen molar-refractivity contribution >= 4 is 17.4 Å². The molecule has 4 rings (SSSR count). The fourth-order valence-electron chi connectivity index (χ4n) is 3.74. The van der Waals surface area contributed by atoms with E-state index in [1.807, 2.05) is 66.7 Å². The lowest BCUT2D eigenvalue weighted by Gasteiger charge is -2.25. The molecule has 1 aliphatic rings. The number of likely N-dealkylation sites (tertiary alicyclic amines) is 1. The third kappa shape index (κ3) is 3.69. The molecule has 0 saturated carbocycles. The monoisotopic (exact) mass is 383 g/mol. The molecule has 1 atom stereocenters. The second kappa shape index (κ2) is 8.15. The van der Waals surface area contributed by atoms with Gasteiger partial charge >= 0.3 is 0 Å². The predicted molar refractivity (Wildman–Crippen MR) is 112 cm³/mol. The smallest absolute Gasteiger partial charge is 0.295 e. The molecule has 4 nitrogen and oxygen atoms in total. The van der Waals surface area contributed by atoms with Crippen molar-refractivity contribution in [3.05, 3.63) is 113 Å². The van der Waals surface area contributed by atoms with Crippen molar-refractivity contribution in [3.63, 3.8) is 0 Å². The maximum atomic E-state index is 12.9. The van der Waals surface area contributed by atoms with Crippen molar-refractivity contribution in [1.82, 2.24) is 4.90 Å². The highest BCUT2D eigenvalue weighted by molar-refractivity contribution is 6.46. The predicted octanol–water partition coefficient (Wildman–Crippen LogP) is 4.35. The van der Waals surface area contributed by atoms with Gasteiger partial charge in [-0.1, -0.05) is 91.0 Å². The SMILES string of the molecule is O=C1C(=O)N(CCc2ccccc2)C(c2ccccc2)/C1=C(/O)c1ccccc1. The van der Waals surface area contributed by atoms with Gasteiger partial charge in [0.05, 0.1) is 11.6 Å². The highest BCUT2D eigenvalue weighted by Gasteiger charge is 2.45. The number of carbonyl (C=O) groups is 2. The minimum Gasteiger partial charge on any atom is -0.507 e. The Morgan fingerprint density at radius 3 is 1.97 bits per heavy atom. The average Bonchev–Trinajstić information content (AvgIpc) is 3.04. The van der Waals surface area contributed by atoms with Gasteiger partial charge in [-0.2, -0.15) is 0 Å². The fourth-order valence-corrected chi connectivity index (χ4v) is 3.74. The van der Waals surface area contributed by atoms with Crippen LogP contribution in [0.4, 0.5) is 0 Å². The lowest BCUT2D eigenvalue weighted by molar-refractivity contribution is -0.139. The molecular formula is C25H21NO3. The molecule has 1 amide bonds. The Morgan fingerprint density at radius 1 is 0.793 bits per heavy atom. The summed E-state index contributed by atoms with van der Waals surface area (Å²) < 4.78 is 0. The lowest BCUT2D eigenvalue weighted by atomic mass is 9.95. The lowest BCUT2D eigenvalue weighted by Crippen LogP contribution is -2.31. The number of aliphatic hydroxyl groups is 1. The second-order valence-electron chi connectivity index (χ2n) is 7.00.